The van der Waals surface area contributed by atoms with Crippen molar-refractivity contribution >= 4 is 11.8 Å². The number of amides is 2. The van der Waals surface area contributed by atoms with E-state index in [1.54, 1.807) is 4.90 Å². The number of primary amides is 1. The molecule has 4 N–H and O–H groups in total. The largest absolute Gasteiger partial charge is 0.370 e. The molecule has 0 aliphatic heterocycles. The number of nitrogens with two attached hydrogens (primary N) is 2. The highest BCUT2D eigenvalue weighted by atomic mass is 16.2. The highest BCUT2D eigenvalue weighted by molar-refractivity contribution is 5.82. The average Bonchev–Trinajstić information content (AvgIpc) is 2.42. The molecule has 0 saturated heterocycles. The summed E-state index contributed by atoms with van der Waals surface area (Å²) in [7, 11) is 0. The van der Waals surface area contributed by atoms with Gasteiger partial charge in [0.25, 0.3) is 0 Å². The lowest BCUT2D eigenvalue weighted by Gasteiger charge is -2.26. The summed E-state index contributed by atoms with van der Waals surface area (Å²) >= 11 is 0. The van der Waals surface area contributed by atoms with E-state index in [1.807, 2.05) is 44.2 Å². The first-order chi connectivity index (χ1) is 9.90. The fourth-order valence-corrected chi connectivity index (χ4v) is 2.16. The highest BCUT2D eigenvalue weighted by Gasteiger charge is 2.22. The Balaban J connectivity index is 2.75. The van der Waals surface area contributed by atoms with E-state index in [0.29, 0.717) is 25.4 Å². The molecular formula is C16H25N3O2. The molecule has 5 nitrogen and oxygen atoms in total. The van der Waals surface area contributed by atoms with Gasteiger partial charge in [0.2, 0.25) is 11.8 Å². The summed E-state index contributed by atoms with van der Waals surface area (Å²) < 4.78 is 0. The molecule has 1 atom stereocenters. The number of benzene rings is 1. The third-order valence-electron chi connectivity index (χ3n) is 3.20. The Labute approximate surface area is 126 Å². The third-order valence-corrected chi connectivity index (χ3v) is 3.20. The molecule has 116 valence electrons. The first-order valence-electron chi connectivity index (χ1n) is 7.26. The van der Waals surface area contributed by atoms with Gasteiger partial charge in [-0.15, -0.1) is 0 Å². The molecule has 0 radical (unpaired) electrons. The number of rotatable bonds is 8. The number of carbonyl (C=O) groups is 2. The molecule has 5 heteroatoms. The summed E-state index contributed by atoms with van der Waals surface area (Å²) in [6.07, 6.45) is 0.771. The first-order valence-corrected chi connectivity index (χ1v) is 7.26. The lowest BCUT2D eigenvalue weighted by molar-refractivity contribution is -0.134. The summed E-state index contributed by atoms with van der Waals surface area (Å²) in [5.41, 5.74) is 12.2. The van der Waals surface area contributed by atoms with Crippen LogP contribution in [0.25, 0.3) is 0 Å². The summed E-state index contributed by atoms with van der Waals surface area (Å²) in [5.74, 6) is -0.203. The van der Waals surface area contributed by atoms with Gasteiger partial charge in [-0.05, 0) is 17.9 Å². The van der Waals surface area contributed by atoms with Crippen molar-refractivity contribution in [1.29, 1.82) is 0 Å². The fraction of sp³-hybridized carbons (Fsp3) is 0.500. The van der Waals surface area contributed by atoms with Gasteiger partial charge in [-0.1, -0.05) is 44.2 Å². The van der Waals surface area contributed by atoms with E-state index < -0.39 is 11.9 Å². The maximum absolute atomic E-state index is 12.4. The standard InChI is InChI=1S/C16H25N3O2/c1-12(2)10-14(17)16(21)19(9-8-15(18)20)11-13-6-4-3-5-7-13/h3-7,12,14H,8-11,17H2,1-2H3,(H2,18,20)/t14-/m0/s1. The van der Waals surface area contributed by atoms with Gasteiger partial charge in [-0.2, -0.15) is 0 Å². The van der Waals surface area contributed by atoms with Crippen LogP contribution in [0.4, 0.5) is 0 Å². The molecule has 0 aromatic heterocycles. The normalized spacial score (nSPS) is 12.2. The van der Waals surface area contributed by atoms with Crippen LogP contribution in [0.3, 0.4) is 0 Å². The minimum atomic E-state index is -0.540. The van der Waals surface area contributed by atoms with Crippen LogP contribution < -0.4 is 11.5 Å². The van der Waals surface area contributed by atoms with E-state index in [9.17, 15) is 9.59 Å². The van der Waals surface area contributed by atoms with E-state index in [0.717, 1.165) is 5.56 Å². The van der Waals surface area contributed by atoms with Crippen LogP contribution in [-0.4, -0.2) is 29.3 Å². The van der Waals surface area contributed by atoms with Gasteiger partial charge in [-0.25, -0.2) is 0 Å². The Hall–Kier alpha value is -1.88. The third kappa shape index (κ3) is 6.40. The van der Waals surface area contributed by atoms with Gasteiger partial charge in [0.05, 0.1) is 6.04 Å². The van der Waals surface area contributed by atoms with Crippen molar-refractivity contribution in [2.45, 2.75) is 39.3 Å². The predicted octanol–water partition coefficient (Wildman–Crippen LogP) is 1.26. The zero-order valence-corrected chi connectivity index (χ0v) is 12.8. The lowest BCUT2D eigenvalue weighted by atomic mass is 10.0. The smallest absolute Gasteiger partial charge is 0.239 e. The molecule has 21 heavy (non-hydrogen) atoms. The maximum Gasteiger partial charge on any atom is 0.239 e. The molecule has 0 aliphatic rings. The van der Waals surface area contributed by atoms with E-state index in [1.165, 1.54) is 0 Å². The van der Waals surface area contributed by atoms with Gasteiger partial charge in [0.1, 0.15) is 0 Å². The maximum atomic E-state index is 12.4. The van der Waals surface area contributed by atoms with Crippen molar-refractivity contribution in [2.24, 2.45) is 17.4 Å². The Morgan fingerprint density at radius 3 is 2.33 bits per heavy atom. The summed E-state index contributed by atoms with van der Waals surface area (Å²) in [6, 6.07) is 9.10. The second kappa shape index (κ2) is 8.42. The Bertz CT molecular complexity index is 460. The van der Waals surface area contributed by atoms with Crippen molar-refractivity contribution in [1.82, 2.24) is 4.90 Å². The molecule has 0 spiro atoms. The van der Waals surface area contributed by atoms with Crippen LogP contribution in [0, 0.1) is 5.92 Å². The van der Waals surface area contributed by atoms with Crippen LogP contribution >= 0.6 is 0 Å². The second-order valence-electron chi connectivity index (χ2n) is 5.70. The summed E-state index contributed by atoms with van der Waals surface area (Å²) in [5, 5.41) is 0. The molecule has 0 bridgehead atoms. The summed E-state index contributed by atoms with van der Waals surface area (Å²) in [4.78, 5) is 25.0. The molecule has 1 aromatic rings. The molecule has 1 aromatic carbocycles. The highest BCUT2D eigenvalue weighted by Crippen LogP contribution is 2.10. The lowest BCUT2D eigenvalue weighted by Crippen LogP contribution is -2.45. The quantitative estimate of drug-likeness (QED) is 0.755. The van der Waals surface area contributed by atoms with Crippen molar-refractivity contribution in [3.8, 4) is 0 Å². The van der Waals surface area contributed by atoms with Crippen LogP contribution in [0.5, 0.6) is 0 Å². The summed E-state index contributed by atoms with van der Waals surface area (Å²) in [6.45, 7) is 4.80. The Kier molecular flexibility index (Phi) is 6.88. The SMILES string of the molecule is CC(C)C[C@H](N)C(=O)N(CCC(N)=O)Cc1ccccc1. The minimum Gasteiger partial charge on any atom is -0.370 e. The molecule has 0 fully saturated rings. The van der Waals surface area contributed by atoms with Gasteiger partial charge < -0.3 is 16.4 Å². The van der Waals surface area contributed by atoms with E-state index >= 15 is 0 Å². The zero-order valence-electron chi connectivity index (χ0n) is 12.8. The van der Waals surface area contributed by atoms with Crippen molar-refractivity contribution in [3.05, 3.63) is 35.9 Å². The predicted molar refractivity (Wildman–Crippen MR) is 83.1 cm³/mol. The number of nitrogens with zero attached hydrogens (tertiary/aromatic N) is 1. The molecule has 2 amide bonds. The zero-order chi connectivity index (χ0) is 15.8. The van der Waals surface area contributed by atoms with Crippen LogP contribution in [0.1, 0.15) is 32.3 Å². The molecule has 0 unspecified atom stereocenters. The van der Waals surface area contributed by atoms with Crippen LogP contribution in [0.2, 0.25) is 0 Å². The number of hydrogen-bond donors (Lipinski definition) is 2. The van der Waals surface area contributed by atoms with Crippen molar-refractivity contribution < 1.29 is 9.59 Å². The second-order valence-corrected chi connectivity index (χ2v) is 5.70. The van der Waals surface area contributed by atoms with Gasteiger partial charge in [0.15, 0.2) is 0 Å². The van der Waals surface area contributed by atoms with Crippen LogP contribution in [0.15, 0.2) is 30.3 Å². The Morgan fingerprint density at radius 1 is 1.19 bits per heavy atom. The van der Waals surface area contributed by atoms with Crippen molar-refractivity contribution in [2.75, 3.05) is 6.54 Å². The van der Waals surface area contributed by atoms with E-state index in [2.05, 4.69) is 0 Å². The number of carbonyl (C=O) groups excluding carboxylic acids is 2. The number of hydrogen-bond acceptors (Lipinski definition) is 3. The van der Waals surface area contributed by atoms with E-state index in [-0.39, 0.29) is 12.3 Å². The molecular weight excluding hydrogens is 266 g/mol. The van der Waals surface area contributed by atoms with Gasteiger partial charge >= 0.3 is 0 Å². The van der Waals surface area contributed by atoms with Gasteiger partial charge in [-0.3, -0.25) is 9.59 Å². The first kappa shape index (κ1) is 17.2. The average molecular weight is 291 g/mol. The van der Waals surface area contributed by atoms with Crippen LogP contribution in [-0.2, 0) is 16.1 Å². The molecule has 0 saturated carbocycles. The van der Waals surface area contributed by atoms with Gasteiger partial charge in [0, 0.05) is 19.5 Å². The minimum absolute atomic E-state index is 0.131. The monoisotopic (exact) mass is 291 g/mol. The fourth-order valence-electron chi connectivity index (χ4n) is 2.16. The topological polar surface area (TPSA) is 89.4 Å². The molecule has 0 heterocycles. The van der Waals surface area contributed by atoms with E-state index in [4.69, 9.17) is 11.5 Å². The molecule has 0 aliphatic carbocycles. The van der Waals surface area contributed by atoms with Crippen molar-refractivity contribution in [3.63, 3.8) is 0 Å². The Morgan fingerprint density at radius 2 is 1.81 bits per heavy atom. The molecule has 1 rings (SSSR count).